The van der Waals surface area contributed by atoms with E-state index in [9.17, 15) is 28.8 Å². The lowest BCUT2D eigenvalue weighted by molar-refractivity contribution is -0.139. The Bertz CT molecular complexity index is 799. The van der Waals surface area contributed by atoms with Crippen LogP contribution in [0.25, 0.3) is 0 Å². The van der Waals surface area contributed by atoms with Crippen molar-refractivity contribution >= 4 is 47.3 Å². The molecule has 0 bridgehead atoms. The average Bonchev–Trinajstić information content (AvgIpc) is 3.14. The first-order valence-corrected chi connectivity index (χ1v) is 13.1. The number of carbonyl (C=O) groups is 6. The Morgan fingerprint density at radius 1 is 0.973 bits per heavy atom. The molecule has 1 saturated heterocycles. The van der Waals surface area contributed by atoms with E-state index in [0.29, 0.717) is 19.5 Å². The molecule has 37 heavy (non-hydrogen) atoms. The first-order valence-electron chi connectivity index (χ1n) is 12.1. The molecule has 0 radical (unpaired) electrons. The average molecular weight is 548 g/mol. The number of aliphatic carboxylic acids is 1. The molecule has 0 aromatic carbocycles. The maximum atomic E-state index is 12.3. The van der Waals surface area contributed by atoms with Gasteiger partial charge in [-0.3, -0.25) is 33.7 Å². The normalized spacial score (nSPS) is 15.9. The molecule has 2 unspecified atom stereocenters. The van der Waals surface area contributed by atoms with E-state index in [0.717, 1.165) is 16.7 Å². The number of amides is 5. The van der Waals surface area contributed by atoms with Crippen LogP contribution in [0.15, 0.2) is 0 Å². The van der Waals surface area contributed by atoms with Crippen molar-refractivity contribution < 1.29 is 43.3 Å². The molecule has 2 atom stereocenters. The van der Waals surface area contributed by atoms with E-state index in [4.69, 9.17) is 20.3 Å². The van der Waals surface area contributed by atoms with Gasteiger partial charge in [0.2, 0.25) is 29.5 Å². The van der Waals surface area contributed by atoms with Gasteiger partial charge in [0.1, 0.15) is 6.04 Å². The quantitative estimate of drug-likeness (QED) is 0.0819. The van der Waals surface area contributed by atoms with Gasteiger partial charge in [-0.2, -0.15) is 0 Å². The summed E-state index contributed by atoms with van der Waals surface area (Å²) in [5.74, 6) is -2.61. The van der Waals surface area contributed by atoms with Crippen LogP contribution in [0.5, 0.6) is 0 Å². The standard InChI is InChI=1S/C22H37N5O9S/c1-2-17(28)24-5-6-25-19(30)4-9-35-11-12-36-10-7-26-18(29)3-8-27-20(31)13-16(21(27)32)37-14-15(23)22(33)34/h15-16H,2-14,23H2,1H3,(H,24,28)(H,25,30)(H,26,29)(H,33,34). The molecule has 1 fully saturated rings. The Kier molecular flexibility index (Phi) is 16.1. The highest BCUT2D eigenvalue weighted by Gasteiger charge is 2.39. The Morgan fingerprint density at radius 2 is 1.57 bits per heavy atom. The first-order chi connectivity index (χ1) is 17.6. The number of hydrogen-bond donors (Lipinski definition) is 5. The van der Waals surface area contributed by atoms with Crippen molar-refractivity contribution in [2.75, 3.05) is 58.4 Å². The molecular formula is C22H37N5O9S. The third-order valence-corrected chi connectivity index (χ3v) is 6.39. The molecule has 0 aromatic rings. The fourth-order valence-electron chi connectivity index (χ4n) is 2.98. The third kappa shape index (κ3) is 13.9. The van der Waals surface area contributed by atoms with Crippen molar-refractivity contribution in [1.29, 1.82) is 0 Å². The molecule has 210 valence electrons. The highest BCUT2D eigenvalue weighted by molar-refractivity contribution is 8.00. The summed E-state index contributed by atoms with van der Waals surface area (Å²) in [5, 5.41) is 16.1. The smallest absolute Gasteiger partial charge is 0.321 e. The molecule has 1 heterocycles. The summed E-state index contributed by atoms with van der Waals surface area (Å²) < 4.78 is 10.6. The van der Waals surface area contributed by atoms with Gasteiger partial charge in [0, 0.05) is 57.6 Å². The summed E-state index contributed by atoms with van der Waals surface area (Å²) >= 11 is 1.03. The maximum Gasteiger partial charge on any atom is 0.321 e. The van der Waals surface area contributed by atoms with E-state index in [1.165, 1.54) is 0 Å². The largest absolute Gasteiger partial charge is 0.480 e. The van der Waals surface area contributed by atoms with Gasteiger partial charge >= 0.3 is 5.97 Å². The predicted octanol–water partition coefficient (Wildman–Crippen LogP) is -2.17. The molecule has 1 aliphatic rings. The zero-order valence-electron chi connectivity index (χ0n) is 21.0. The van der Waals surface area contributed by atoms with Gasteiger partial charge in [-0.05, 0) is 0 Å². The highest BCUT2D eigenvalue weighted by Crippen LogP contribution is 2.25. The van der Waals surface area contributed by atoms with Gasteiger partial charge in [0.25, 0.3) is 0 Å². The van der Waals surface area contributed by atoms with E-state index < -0.39 is 29.1 Å². The van der Waals surface area contributed by atoms with Gasteiger partial charge in [-0.15, -0.1) is 11.8 Å². The van der Waals surface area contributed by atoms with Crippen LogP contribution < -0.4 is 21.7 Å². The van der Waals surface area contributed by atoms with E-state index in [-0.39, 0.29) is 82.3 Å². The van der Waals surface area contributed by atoms with Crippen LogP contribution in [0.1, 0.15) is 32.6 Å². The molecule has 14 nitrogen and oxygen atoms in total. The number of imide groups is 1. The van der Waals surface area contributed by atoms with Crippen molar-refractivity contribution in [3.8, 4) is 0 Å². The number of carbonyl (C=O) groups excluding carboxylic acids is 5. The van der Waals surface area contributed by atoms with E-state index in [1.807, 2.05) is 0 Å². The first kappa shape index (κ1) is 32.3. The van der Waals surface area contributed by atoms with Crippen LogP contribution in [-0.4, -0.2) is 115 Å². The van der Waals surface area contributed by atoms with Gasteiger partial charge in [-0.1, -0.05) is 6.92 Å². The van der Waals surface area contributed by atoms with E-state index in [1.54, 1.807) is 6.92 Å². The minimum Gasteiger partial charge on any atom is -0.480 e. The summed E-state index contributed by atoms with van der Waals surface area (Å²) in [5.41, 5.74) is 5.42. The fourth-order valence-corrected chi connectivity index (χ4v) is 4.09. The van der Waals surface area contributed by atoms with Crippen molar-refractivity contribution in [3.05, 3.63) is 0 Å². The van der Waals surface area contributed by atoms with Gasteiger partial charge < -0.3 is 36.3 Å². The Morgan fingerprint density at radius 3 is 2.22 bits per heavy atom. The molecular weight excluding hydrogens is 510 g/mol. The topological polar surface area (TPSA) is 206 Å². The number of thioether (sulfide) groups is 1. The number of nitrogens with two attached hydrogens (primary N) is 1. The van der Waals surface area contributed by atoms with Crippen molar-refractivity contribution in [2.24, 2.45) is 5.73 Å². The molecule has 15 heteroatoms. The lowest BCUT2D eigenvalue weighted by Gasteiger charge is -2.15. The monoisotopic (exact) mass is 547 g/mol. The Labute approximate surface area is 219 Å². The number of nitrogens with one attached hydrogen (secondary N) is 3. The summed E-state index contributed by atoms with van der Waals surface area (Å²) in [7, 11) is 0. The second kappa shape index (κ2) is 18.5. The number of nitrogens with zero attached hydrogens (tertiary/aromatic N) is 1. The zero-order chi connectivity index (χ0) is 27.6. The SMILES string of the molecule is CCC(=O)NCCNC(=O)CCOCCOCCNC(=O)CCN1C(=O)CC(SCC(N)C(=O)O)C1=O. The number of likely N-dealkylation sites (tertiary alicyclic amines) is 1. The minimum atomic E-state index is -1.18. The molecule has 1 aliphatic heterocycles. The second-order valence-corrected chi connectivity index (χ2v) is 9.22. The van der Waals surface area contributed by atoms with Gasteiger partial charge in [-0.25, -0.2) is 0 Å². The number of carboxylic acid groups (broad SMARTS) is 1. The van der Waals surface area contributed by atoms with Crippen LogP contribution in [0.3, 0.4) is 0 Å². The molecule has 0 spiro atoms. The number of hydrogen-bond acceptors (Lipinski definition) is 10. The summed E-state index contributed by atoms with van der Waals surface area (Å²) in [6, 6.07) is -1.12. The molecule has 5 amide bonds. The second-order valence-electron chi connectivity index (χ2n) is 7.98. The molecule has 0 saturated carbocycles. The maximum absolute atomic E-state index is 12.3. The lowest BCUT2D eigenvalue weighted by atomic mass is 10.3. The third-order valence-electron chi connectivity index (χ3n) is 5.06. The Hall–Kier alpha value is -2.75. The van der Waals surface area contributed by atoms with Gasteiger partial charge in [0.05, 0.1) is 31.7 Å². The van der Waals surface area contributed by atoms with Crippen LogP contribution in [-0.2, 0) is 38.2 Å². The number of ether oxygens (including phenoxy) is 2. The van der Waals surface area contributed by atoms with Crippen molar-refractivity contribution in [1.82, 2.24) is 20.9 Å². The van der Waals surface area contributed by atoms with Crippen LogP contribution in [0.2, 0.25) is 0 Å². The predicted molar refractivity (Wildman–Crippen MR) is 133 cm³/mol. The summed E-state index contributed by atoms with van der Waals surface area (Å²) in [6.07, 6.45) is 0.487. The van der Waals surface area contributed by atoms with Crippen molar-refractivity contribution in [3.63, 3.8) is 0 Å². The van der Waals surface area contributed by atoms with E-state index in [2.05, 4.69) is 16.0 Å². The van der Waals surface area contributed by atoms with Crippen LogP contribution in [0.4, 0.5) is 0 Å². The van der Waals surface area contributed by atoms with Crippen molar-refractivity contribution in [2.45, 2.75) is 43.9 Å². The molecule has 0 aliphatic carbocycles. The fraction of sp³-hybridized carbons (Fsp3) is 0.727. The summed E-state index contributed by atoms with van der Waals surface area (Å²) in [6.45, 7) is 3.70. The Balaban J connectivity index is 2.02. The molecule has 1 rings (SSSR count). The molecule has 6 N–H and O–H groups in total. The highest BCUT2D eigenvalue weighted by atomic mass is 32.2. The minimum absolute atomic E-state index is 0.00882. The lowest BCUT2D eigenvalue weighted by Crippen LogP contribution is -2.37. The van der Waals surface area contributed by atoms with Crippen LogP contribution >= 0.6 is 11.8 Å². The van der Waals surface area contributed by atoms with Crippen LogP contribution in [0, 0.1) is 0 Å². The number of carboxylic acids is 1. The molecule has 0 aromatic heterocycles. The summed E-state index contributed by atoms with van der Waals surface area (Å²) in [4.78, 5) is 70.9. The zero-order valence-corrected chi connectivity index (χ0v) is 21.8. The van der Waals surface area contributed by atoms with E-state index >= 15 is 0 Å². The number of rotatable bonds is 20. The van der Waals surface area contributed by atoms with Gasteiger partial charge in [0.15, 0.2) is 0 Å².